The Morgan fingerprint density at radius 3 is 2.29 bits per heavy atom. The molecule has 0 saturated carbocycles. The molecule has 0 atom stereocenters. The maximum absolute atomic E-state index is 11.4. The van der Waals surface area contributed by atoms with Gasteiger partial charge >= 0.3 is 5.69 Å². The topological polar surface area (TPSA) is 57.3 Å². The van der Waals surface area contributed by atoms with E-state index in [9.17, 15) is 10.1 Å². The first kappa shape index (κ1) is 20.2. The van der Waals surface area contributed by atoms with Crippen LogP contribution in [-0.2, 0) is 6.54 Å². The van der Waals surface area contributed by atoms with Crippen LogP contribution in [0.3, 0.4) is 0 Å². The Kier molecular flexibility index (Phi) is 6.90. The van der Waals surface area contributed by atoms with Gasteiger partial charge < -0.3 is 9.30 Å². The Labute approximate surface area is 166 Å². The van der Waals surface area contributed by atoms with Crippen molar-refractivity contribution in [1.82, 2.24) is 4.57 Å². The molecule has 0 bridgehead atoms. The normalized spacial score (nSPS) is 11.4. The molecule has 0 spiro atoms. The first-order valence-corrected chi connectivity index (χ1v) is 10.4. The highest BCUT2D eigenvalue weighted by Crippen LogP contribution is 2.37. The third-order valence-corrected chi connectivity index (χ3v) is 5.50. The van der Waals surface area contributed by atoms with E-state index in [2.05, 4.69) is 17.6 Å². The molecule has 5 nitrogen and oxygen atoms in total. The molecule has 0 unspecified atom stereocenters. The van der Waals surface area contributed by atoms with Crippen molar-refractivity contribution in [3.63, 3.8) is 0 Å². The molecule has 3 aromatic rings. The van der Waals surface area contributed by atoms with Gasteiger partial charge in [-0.25, -0.2) is 0 Å². The minimum atomic E-state index is -0.372. The number of methoxy groups -OCH3 is 1. The molecule has 0 aliphatic rings. The molecule has 0 radical (unpaired) electrons. The molecular weight excluding hydrogens is 352 g/mol. The SMILES string of the molecule is CCCCCCCCCCn1c2ccccc2c2cc([N+](=O)[O-])c(OC)cc21. The van der Waals surface area contributed by atoms with Crippen molar-refractivity contribution in [3.8, 4) is 5.75 Å². The molecule has 3 rings (SSSR count). The number of aryl methyl sites for hydroxylation is 1. The first-order valence-electron chi connectivity index (χ1n) is 10.4. The standard InChI is InChI=1S/C23H30N2O3/c1-3-4-5-6-7-8-9-12-15-24-20-14-11-10-13-18(20)19-16-22(25(26)27)23(28-2)17-21(19)24/h10-11,13-14,16-17H,3-9,12,15H2,1-2H3. The van der Waals surface area contributed by atoms with Crippen LogP contribution in [0.5, 0.6) is 5.75 Å². The molecule has 0 aliphatic carbocycles. The Morgan fingerprint density at radius 2 is 1.61 bits per heavy atom. The molecule has 0 aliphatic heterocycles. The van der Waals surface area contributed by atoms with Crippen LogP contribution < -0.4 is 4.74 Å². The number of hydrogen-bond donors (Lipinski definition) is 0. The third kappa shape index (κ3) is 4.29. The number of fused-ring (bicyclic) bond motifs is 3. The van der Waals surface area contributed by atoms with E-state index >= 15 is 0 Å². The molecule has 0 fully saturated rings. The van der Waals surface area contributed by atoms with Crippen LogP contribution in [-0.4, -0.2) is 16.6 Å². The van der Waals surface area contributed by atoms with E-state index in [0.717, 1.165) is 34.8 Å². The van der Waals surface area contributed by atoms with Gasteiger partial charge in [0.05, 0.1) is 17.5 Å². The Hall–Kier alpha value is -2.56. The van der Waals surface area contributed by atoms with Crippen LogP contribution in [0.1, 0.15) is 58.3 Å². The maximum Gasteiger partial charge on any atom is 0.311 e. The monoisotopic (exact) mass is 382 g/mol. The van der Waals surface area contributed by atoms with Crippen molar-refractivity contribution < 1.29 is 9.66 Å². The second kappa shape index (κ2) is 9.58. The molecule has 5 heteroatoms. The number of ether oxygens (including phenoxy) is 1. The summed E-state index contributed by atoms with van der Waals surface area (Å²) in [7, 11) is 1.49. The summed E-state index contributed by atoms with van der Waals surface area (Å²) in [5.41, 5.74) is 2.15. The number of nitro groups is 1. The van der Waals surface area contributed by atoms with Gasteiger partial charge in [-0.3, -0.25) is 10.1 Å². The quantitative estimate of drug-likeness (QED) is 0.207. The number of rotatable bonds is 11. The van der Waals surface area contributed by atoms with Gasteiger partial charge in [0.25, 0.3) is 0 Å². The largest absolute Gasteiger partial charge is 0.490 e. The molecule has 1 aromatic heterocycles. The fourth-order valence-corrected chi connectivity index (χ4v) is 4.01. The van der Waals surface area contributed by atoms with Crippen molar-refractivity contribution in [2.24, 2.45) is 0 Å². The number of benzene rings is 2. The van der Waals surface area contributed by atoms with Gasteiger partial charge in [0.2, 0.25) is 0 Å². The Morgan fingerprint density at radius 1 is 0.929 bits per heavy atom. The number of para-hydroxylation sites is 1. The van der Waals surface area contributed by atoms with E-state index in [1.165, 1.54) is 52.1 Å². The van der Waals surface area contributed by atoms with Crippen LogP contribution in [0.15, 0.2) is 36.4 Å². The predicted octanol–water partition coefficient (Wildman–Crippen LogP) is 6.85. The summed E-state index contributed by atoms with van der Waals surface area (Å²) in [6.45, 7) is 3.16. The van der Waals surface area contributed by atoms with Crippen molar-refractivity contribution in [3.05, 3.63) is 46.5 Å². The highest BCUT2D eigenvalue weighted by atomic mass is 16.6. The van der Waals surface area contributed by atoms with Crippen molar-refractivity contribution >= 4 is 27.5 Å². The second-order valence-electron chi connectivity index (χ2n) is 7.44. The summed E-state index contributed by atoms with van der Waals surface area (Å²) in [6.07, 6.45) is 10.2. The van der Waals surface area contributed by atoms with Gasteiger partial charge in [0.1, 0.15) is 0 Å². The van der Waals surface area contributed by atoms with Crippen LogP contribution in [0, 0.1) is 10.1 Å². The highest BCUT2D eigenvalue weighted by molar-refractivity contribution is 6.09. The number of hydrogen-bond acceptors (Lipinski definition) is 3. The lowest BCUT2D eigenvalue weighted by atomic mass is 10.1. The van der Waals surface area contributed by atoms with Crippen LogP contribution >= 0.6 is 0 Å². The van der Waals surface area contributed by atoms with E-state index in [0.29, 0.717) is 5.75 Å². The number of nitro benzene ring substituents is 1. The van der Waals surface area contributed by atoms with E-state index in [1.807, 2.05) is 24.3 Å². The van der Waals surface area contributed by atoms with Crippen molar-refractivity contribution in [1.29, 1.82) is 0 Å². The van der Waals surface area contributed by atoms with Crippen molar-refractivity contribution in [2.75, 3.05) is 7.11 Å². The molecule has 0 N–H and O–H groups in total. The average molecular weight is 383 g/mol. The Bertz CT molecular complexity index is 946. The molecule has 0 amide bonds. The highest BCUT2D eigenvalue weighted by Gasteiger charge is 2.20. The number of unbranched alkanes of at least 4 members (excludes halogenated alkanes) is 7. The molecule has 1 heterocycles. The zero-order valence-electron chi connectivity index (χ0n) is 16.9. The molecule has 150 valence electrons. The van der Waals surface area contributed by atoms with Gasteiger partial charge in [-0.1, -0.05) is 70.1 Å². The summed E-state index contributed by atoms with van der Waals surface area (Å²) in [5.74, 6) is 0.317. The van der Waals surface area contributed by atoms with E-state index < -0.39 is 0 Å². The lowest BCUT2D eigenvalue weighted by Crippen LogP contribution is -1.99. The van der Waals surface area contributed by atoms with Crippen LogP contribution in [0.25, 0.3) is 21.8 Å². The summed E-state index contributed by atoms with van der Waals surface area (Å²) >= 11 is 0. The maximum atomic E-state index is 11.4. The number of nitrogens with zero attached hydrogens (tertiary/aromatic N) is 2. The zero-order valence-corrected chi connectivity index (χ0v) is 16.9. The second-order valence-corrected chi connectivity index (χ2v) is 7.44. The Balaban J connectivity index is 1.81. The summed E-state index contributed by atoms with van der Waals surface area (Å²) in [5, 5.41) is 13.4. The van der Waals surface area contributed by atoms with E-state index in [4.69, 9.17) is 4.74 Å². The van der Waals surface area contributed by atoms with E-state index in [1.54, 1.807) is 6.07 Å². The predicted molar refractivity (Wildman–Crippen MR) is 115 cm³/mol. The van der Waals surface area contributed by atoms with Crippen LogP contribution in [0.4, 0.5) is 5.69 Å². The molecule has 28 heavy (non-hydrogen) atoms. The molecular formula is C23H30N2O3. The fourth-order valence-electron chi connectivity index (χ4n) is 4.01. The van der Waals surface area contributed by atoms with Gasteiger partial charge in [-0.2, -0.15) is 0 Å². The zero-order chi connectivity index (χ0) is 19.9. The molecule has 0 saturated heterocycles. The minimum absolute atomic E-state index is 0.0185. The lowest BCUT2D eigenvalue weighted by Gasteiger charge is -2.09. The number of aromatic nitrogens is 1. The summed E-state index contributed by atoms with van der Waals surface area (Å²) in [6, 6.07) is 11.6. The minimum Gasteiger partial charge on any atom is -0.490 e. The lowest BCUT2D eigenvalue weighted by molar-refractivity contribution is -0.385. The molecule has 2 aromatic carbocycles. The van der Waals surface area contributed by atoms with Gasteiger partial charge in [0, 0.05) is 35.0 Å². The summed E-state index contributed by atoms with van der Waals surface area (Å²) in [4.78, 5) is 11.1. The van der Waals surface area contributed by atoms with Crippen molar-refractivity contribution in [2.45, 2.75) is 64.8 Å². The van der Waals surface area contributed by atoms with Crippen LogP contribution in [0.2, 0.25) is 0 Å². The van der Waals surface area contributed by atoms with Gasteiger partial charge in [-0.05, 0) is 12.5 Å². The average Bonchev–Trinajstić information content (AvgIpc) is 3.02. The van der Waals surface area contributed by atoms with Gasteiger partial charge in [-0.15, -0.1) is 0 Å². The van der Waals surface area contributed by atoms with Gasteiger partial charge in [0.15, 0.2) is 5.75 Å². The van der Waals surface area contributed by atoms with E-state index in [-0.39, 0.29) is 10.6 Å². The summed E-state index contributed by atoms with van der Waals surface area (Å²) < 4.78 is 7.59. The fraction of sp³-hybridized carbons (Fsp3) is 0.478. The smallest absolute Gasteiger partial charge is 0.311 e. The first-order chi connectivity index (χ1) is 13.7. The third-order valence-electron chi connectivity index (χ3n) is 5.50.